The molecule has 0 aromatic heterocycles. The van der Waals surface area contributed by atoms with E-state index in [4.69, 9.17) is 14.5 Å². The van der Waals surface area contributed by atoms with Gasteiger partial charge in [0.1, 0.15) is 30.1 Å². The maximum atomic E-state index is 12.2. The van der Waals surface area contributed by atoms with Crippen molar-refractivity contribution in [3.8, 4) is 11.5 Å². The molecule has 2 unspecified atom stereocenters. The van der Waals surface area contributed by atoms with Crippen LogP contribution in [0, 0.1) is 5.92 Å². The minimum absolute atomic E-state index is 0.387. The molecule has 34 heavy (non-hydrogen) atoms. The predicted molar refractivity (Wildman–Crippen MR) is 136 cm³/mol. The molecule has 0 aliphatic carbocycles. The topological polar surface area (TPSA) is 80.5 Å². The van der Waals surface area contributed by atoms with Crippen LogP contribution in [0.3, 0.4) is 0 Å². The number of methoxy groups -OCH3 is 1. The number of aliphatic carboxylic acids is 1. The molecule has 1 heterocycles. The highest BCUT2D eigenvalue weighted by molar-refractivity contribution is 8.13. The molecule has 0 amide bonds. The van der Waals surface area contributed by atoms with Gasteiger partial charge in [-0.25, -0.2) is 4.99 Å². The lowest BCUT2D eigenvalue weighted by molar-refractivity contribution is -0.140. The molecule has 3 aromatic carbocycles. The first-order valence-electron chi connectivity index (χ1n) is 10.9. The van der Waals surface area contributed by atoms with Gasteiger partial charge in [-0.2, -0.15) is 0 Å². The second-order valence-electron chi connectivity index (χ2n) is 7.87. The largest absolute Gasteiger partial charge is 0.497 e. The number of hydrogen-bond donors (Lipinski definition) is 1. The summed E-state index contributed by atoms with van der Waals surface area (Å²) in [6.45, 7) is 2.14. The van der Waals surface area contributed by atoms with Crippen molar-refractivity contribution in [3.05, 3.63) is 95.6 Å². The molecule has 1 aliphatic rings. The minimum Gasteiger partial charge on any atom is -0.497 e. The van der Waals surface area contributed by atoms with Crippen molar-refractivity contribution in [2.24, 2.45) is 15.9 Å². The molecule has 2 atom stereocenters. The summed E-state index contributed by atoms with van der Waals surface area (Å²) in [5.41, 5.74) is 3.41. The third-order valence-corrected chi connectivity index (χ3v) is 6.49. The van der Waals surface area contributed by atoms with Crippen molar-refractivity contribution < 1.29 is 19.4 Å². The van der Waals surface area contributed by atoms with Crippen molar-refractivity contribution in [2.45, 2.75) is 25.3 Å². The highest BCUT2D eigenvalue weighted by atomic mass is 32.2. The third-order valence-electron chi connectivity index (χ3n) is 5.56. The van der Waals surface area contributed by atoms with Crippen LogP contribution in [0.4, 0.5) is 0 Å². The SMILES string of the molecule is COc1ccc(CSC2=NC(c3ccccc3OCc3ccccc3)C(C(=O)O)C(C)=N2)cc1. The molecule has 1 N–H and O–H groups in total. The van der Waals surface area contributed by atoms with E-state index >= 15 is 0 Å². The zero-order valence-corrected chi connectivity index (χ0v) is 19.9. The fraction of sp³-hybridized carbons (Fsp3) is 0.222. The highest BCUT2D eigenvalue weighted by Gasteiger charge is 2.36. The Morgan fingerprint density at radius 2 is 1.68 bits per heavy atom. The molecule has 4 rings (SSSR count). The Labute approximate surface area is 203 Å². The molecular weight excluding hydrogens is 448 g/mol. The van der Waals surface area contributed by atoms with Crippen LogP contribution in [0.1, 0.15) is 29.7 Å². The summed E-state index contributed by atoms with van der Waals surface area (Å²) in [7, 11) is 1.64. The maximum absolute atomic E-state index is 12.2. The number of para-hydroxylation sites is 1. The summed E-state index contributed by atoms with van der Waals surface area (Å²) in [4.78, 5) is 21.5. The number of thioether (sulfide) groups is 1. The molecule has 0 saturated heterocycles. The molecule has 0 bridgehead atoms. The molecule has 0 fully saturated rings. The summed E-state index contributed by atoms with van der Waals surface area (Å²) in [5, 5.41) is 10.5. The normalized spacial score (nSPS) is 17.5. The van der Waals surface area contributed by atoms with Gasteiger partial charge in [-0.3, -0.25) is 9.79 Å². The van der Waals surface area contributed by atoms with Crippen LogP contribution in [0.2, 0.25) is 0 Å². The summed E-state index contributed by atoms with van der Waals surface area (Å²) < 4.78 is 11.3. The second-order valence-corrected chi connectivity index (χ2v) is 8.82. The number of aliphatic imine (C=N–C) groups is 2. The zero-order chi connectivity index (χ0) is 23.9. The van der Waals surface area contributed by atoms with E-state index in [2.05, 4.69) is 4.99 Å². The lowest BCUT2D eigenvalue weighted by Gasteiger charge is -2.27. The summed E-state index contributed by atoms with van der Waals surface area (Å²) >= 11 is 1.48. The molecule has 0 saturated carbocycles. The van der Waals surface area contributed by atoms with Crippen LogP contribution in [0.15, 0.2) is 88.8 Å². The van der Waals surface area contributed by atoms with Gasteiger partial charge in [0.25, 0.3) is 0 Å². The minimum atomic E-state index is -0.952. The van der Waals surface area contributed by atoms with E-state index in [0.29, 0.717) is 29.0 Å². The smallest absolute Gasteiger partial charge is 0.314 e. The van der Waals surface area contributed by atoms with E-state index in [0.717, 1.165) is 22.4 Å². The van der Waals surface area contributed by atoms with Gasteiger partial charge in [-0.05, 0) is 36.2 Å². The standard InChI is InChI=1S/C27H26N2O4S/c1-18-24(26(30)31)25(29-27(28-18)34-17-20-12-14-21(32-2)15-13-20)22-10-6-7-11-23(22)33-16-19-8-4-3-5-9-19/h3-15,24-25H,16-17H2,1-2H3,(H,30,31). The lowest BCUT2D eigenvalue weighted by Crippen LogP contribution is -2.31. The van der Waals surface area contributed by atoms with E-state index in [1.165, 1.54) is 11.8 Å². The Bertz CT molecular complexity index is 1190. The Hall–Kier alpha value is -3.58. The first-order valence-corrected chi connectivity index (χ1v) is 11.9. The van der Waals surface area contributed by atoms with Crippen LogP contribution < -0.4 is 9.47 Å². The van der Waals surface area contributed by atoms with Crippen LogP contribution in [-0.4, -0.2) is 29.1 Å². The molecule has 3 aromatic rings. The Kier molecular flexibility index (Phi) is 7.65. The third kappa shape index (κ3) is 5.66. The number of amidine groups is 1. The number of carboxylic acids is 1. The fourth-order valence-electron chi connectivity index (χ4n) is 3.76. The fourth-order valence-corrected chi connectivity index (χ4v) is 4.65. The van der Waals surface area contributed by atoms with E-state index in [1.807, 2.05) is 78.9 Å². The van der Waals surface area contributed by atoms with Crippen molar-refractivity contribution in [2.75, 3.05) is 7.11 Å². The van der Waals surface area contributed by atoms with Crippen molar-refractivity contribution in [1.82, 2.24) is 0 Å². The van der Waals surface area contributed by atoms with Crippen molar-refractivity contribution >= 4 is 28.6 Å². The number of ether oxygens (including phenoxy) is 2. The molecular formula is C27H26N2O4S. The van der Waals surface area contributed by atoms with Crippen LogP contribution >= 0.6 is 11.8 Å². The first kappa shape index (κ1) is 23.6. The van der Waals surface area contributed by atoms with E-state index in [1.54, 1.807) is 14.0 Å². The quantitative estimate of drug-likeness (QED) is 0.448. The number of benzene rings is 3. The predicted octanol–water partition coefficient (Wildman–Crippen LogP) is 5.78. The van der Waals surface area contributed by atoms with Gasteiger partial charge in [0.15, 0.2) is 5.17 Å². The van der Waals surface area contributed by atoms with Gasteiger partial charge in [-0.1, -0.05) is 72.4 Å². The van der Waals surface area contributed by atoms with Crippen molar-refractivity contribution in [3.63, 3.8) is 0 Å². The average molecular weight is 475 g/mol. The highest BCUT2D eigenvalue weighted by Crippen LogP contribution is 2.38. The molecule has 0 radical (unpaired) electrons. The Balaban J connectivity index is 1.58. The second kappa shape index (κ2) is 11.0. The van der Waals surface area contributed by atoms with Gasteiger partial charge >= 0.3 is 5.97 Å². The number of hydrogen-bond acceptors (Lipinski definition) is 6. The van der Waals surface area contributed by atoms with Gasteiger partial charge in [0.2, 0.25) is 0 Å². The Morgan fingerprint density at radius 1 is 0.971 bits per heavy atom. The van der Waals surface area contributed by atoms with Crippen LogP contribution in [0.5, 0.6) is 11.5 Å². The first-order chi connectivity index (χ1) is 16.5. The van der Waals surface area contributed by atoms with Gasteiger partial charge in [-0.15, -0.1) is 0 Å². The van der Waals surface area contributed by atoms with E-state index < -0.39 is 17.9 Å². The average Bonchev–Trinajstić information content (AvgIpc) is 2.86. The van der Waals surface area contributed by atoms with E-state index in [-0.39, 0.29) is 0 Å². The molecule has 1 aliphatic heterocycles. The zero-order valence-electron chi connectivity index (χ0n) is 19.0. The maximum Gasteiger partial charge on any atom is 0.314 e. The molecule has 0 spiro atoms. The van der Waals surface area contributed by atoms with E-state index in [9.17, 15) is 9.90 Å². The van der Waals surface area contributed by atoms with Crippen LogP contribution in [0.25, 0.3) is 0 Å². The van der Waals surface area contributed by atoms with Crippen molar-refractivity contribution in [1.29, 1.82) is 0 Å². The summed E-state index contributed by atoms with van der Waals surface area (Å²) in [6.07, 6.45) is 0. The number of carboxylic acid groups (broad SMARTS) is 1. The molecule has 6 nitrogen and oxygen atoms in total. The lowest BCUT2D eigenvalue weighted by atomic mass is 9.88. The molecule has 174 valence electrons. The van der Waals surface area contributed by atoms with Gasteiger partial charge in [0.05, 0.1) is 7.11 Å². The number of nitrogens with zero attached hydrogens (tertiary/aromatic N) is 2. The summed E-state index contributed by atoms with van der Waals surface area (Å²) in [6, 6.07) is 24.6. The summed E-state index contributed by atoms with van der Waals surface area (Å²) in [5.74, 6) is 0.282. The Morgan fingerprint density at radius 3 is 2.38 bits per heavy atom. The number of carbonyl (C=O) groups is 1. The molecule has 7 heteroatoms. The number of rotatable bonds is 8. The van der Waals surface area contributed by atoms with Gasteiger partial charge in [0, 0.05) is 17.0 Å². The van der Waals surface area contributed by atoms with Crippen LogP contribution in [-0.2, 0) is 17.2 Å². The van der Waals surface area contributed by atoms with Gasteiger partial charge < -0.3 is 14.6 Å². The monoisotopic (exact) mass is 474 g/mol.